The fraction of sp³-hybridized carbons (Fsp3) is 0.586. The smallest absolute Gasteiger partial charge is 0.183 e. The number of rotatable bonds is 14. The van der Waals surface area contributed by atoms with Gasteiger partial charge in [0.2, 0.25) is 0 Å². The molecule has 2 heteroatoms. The van der Waals surface area contributed by atoms with Crippen molar-refractivity contribution in [1.29, 1.82) is 0 Å². The summed E-state index contributed by atoms with van der Waals surface area (Å²) < 4.78 is 1.19. The summed E-state index contributed by atoms with van der Waals surface area (Å²) in [5.41, 5.74) is 6.20. The van der Waals surface area contributed by atoms with Gasteiger partial charge in [0.25, 0.3) is 0 Å². The zero-order valence-corrected chi connectivity index (χ0v) is 21.8. The second-order valence-electron chi connectivity index (χ2n) is 9.28. The quantitative estimate of drug-likeness (QED) is 0.156. The number of fused-ring (bicyclic) bond motifs is 3. The first-order chi connectivity index (χ1) is 14.7. The second-order valence-corrected chi connectivity index (χ2v) is 10.2. The maximum absolute atomic E-state index is 3.72. The fourth-order valence-corrected chi connectivity index (χ4v) is 5.80. The van der Waals surface area contributed by atoms with Crippen LogP contribution >= 0.6 is 15.9 Å². The molecule has 0 fully saturated rings. The van der Waals surface area contributed by atoms with Crippen LogP contribution in [-0.4, -0.2) is 0 Å². The maximum atomic E-state index is 3.72. The minimum atomic E-state index is 0. The molecule has 1 aliphatic carbocycles. The summed E-state index contributed by atoms with van der Waals surface area (Å²) in [6.07, 6.45) is 19.0. The molecule has 0 N–H and O–H groups in total. The molecule has 2 aromatic carbocycles. The summed E-state index contributed by atoms with van der Waals surface area (Å²) in [6, 6.07) is 17.1. The first kappa shape index (κ1) is 26.8. The van der Waals surface area contributed by atoms with Crippen LogP contribution in [0.15, 0.2) is 40.9 Å². The predicted octanol–water partition coefficient (Wildman–Crippen LogP) is 7.02. The number of hydrogen-bond donors (Lipinski definition) is 0. The van der Waals surface area contributed by atoms with Gasteiger partial charge in [0.05, 0.1) is 0 Å². The summed E-state index contributed by atoms with van der Waals surface area (Å²) in [4.78, 5) is 0. The van der Waals surface area contributed by atoms with Crippen LogP contribution in [0.25, 0.3) is 11.1 Å². The molecule has 0 radical (unpaired) electrons. The Morgan fingerprint density at radius 1 is 0.710 bits per heavy atom. The van der Waals surface area contributed by atoms with Gasteiger partial charge in [0.1, 0.15) is 0 Å². The van der Waals surface area contributed by atoms with Crippen LogP contribution in [-0.2, 0) is 5.41 Å². The molecule has 0 heterocycles. The van der Waals surface area contributed by atoms with E-state index in [9.17, 15) is 0 Å². The largest absolute Gasteiger partial charge is 1.00 e. The van der Waals surface area contributed by atoms with E-state index in [0.717, 1.165) is 0 Å². The molecule has 31 heavy (non-hydrogen) atoms. The number of hydrogen-bond acceptors (Lipinski definition) is 0. The van der Waals surface area contributed by atoms with Crippen LogP contribution < -0.4 is 18.9 Å². The summed E-state index contributed by atoms with van der Waals surface area (Å²) in [7, 11) is 0. The molecule has 0 bridgehead atoms. The molecule has 3 rings (SSSR count). The van der Waals surface area contributed by atoms with E-state index in [1.165, 1.54) is 105 Å². The van der Waals surface area contributed by atoms with E-state index in [0.29, 0.717) is 0 Å². The zero-order valence-electron chi connectivity index (χ0n) is 20.2. The van der Waals surface area contributed by atoms with Crippen LogP contribution in [0.2, 0.25) is 0 Å². The normalized spacial score (nSPS) is 13.5. The van der Waals surface area contributed by atoms with Crippen molar-refractivity contribution in [3.05, 3.63) is 58.1 Å². The molecule has 0 aromatic heterocycles. The molecule has 0 nitrogen and oxygen atoms in total. The van der Waals surface area contributed by atoms with E-state index in [1.807, 2.05) is 0 Å². The summed E-state index contributed by atoms with van der Waals surface area (Å²) in [6.45, 7) is 4.60. The van der Waals surface area contributed by atoms with Crippen LogP contribution in [0.5, 0.6) is 0 Å². The van der Waals surface area contributed by atoms with Crippen LogP contribution in [0.3, 0.4) is 0 Å². The van der Waals surface area contributed by atoms with Crippen molar-refractivity contribution >= 4 is 15.9 Å². The monoisotopic (exact) mass is 474 g/mol. The molecule has 0 saturated heterocycles. The Kier molecular flexibility index (Phi) is 12.0. The van der Waals surface area contributed by atoms with Gasteiger partial charge in [0.15, 0.2) is 0 Å². The molecule has 0 atom stereocenters. The van der Waals surface area contributed by atoms with E-state index in [-0.39, 0.29) is 24.3 Å². The third kappa shape index (κ3) is 6.76. The van der Waals surface area contributed by atoms with Crippen LogP contribution in [0.1, 0.15) is 115 Å². The van der Waals surface area contributed by atoms with Crippen molar-refractivity contribution in [2.45, 2.75) is 109 Å². The van der Waals surface area contributed by atoms with Gasteiger partial charge in [-0.1, -0.05) is 126 Å². The molecule has 164 valence electrons. The molecule has 0 amide bonds. The Labute approximate surface area is 212 Å². The first-order valence-corrected chi connectivity index (χ1v) is 13.3. The van der Waals surface area contributed by atoms with Crippen LogP contribution in [0.4, 0.5) is 0 Å². The Morgan fingerprint density at radius 3 is 1.90 bits per heavy atom. The number of unbranched alkanes of at least 4 members (excludes halogenated alkanes) is 10. The predicted molar refractivity (Wildman–Crippen MR) is 135 cm³/mol. The van der Waals surface area contributed by atoms with Gasteiger partial charge in [-0.05, 0) is 28.7 Å². The van der Waals surface area contributed by atoms with E-state index in [4.69, 9.17) is 0 Å². The number of halogens is 1. The topological polar surface area (TPSA) is 0 Å². The zero-order chi connectivity index (χ0) is 21.2. The van der Waals surface area contributed by atoms with E-state index in [1.54, 1.807) is 11.1 Å². The molecule has 0 saturated carbocycles. The standard InChI is InChI=1S/C29H40Br.Li/c1-3-5-7-9-11-15-21-29(22-16-12-10-8-6-4-2)27-18-14-13-17-25(27)26-23-24(30)19-20-28(26)29;/h13,17-20,23H,3-12,15-16,21-22H2,1-2H3;/q-1;+1. The average Bonchev–Trinajstić information content (AvgIpc) is 3.03. The van der Waals surface area contributed by atoms with E-state index >= 15 is 0 Å². The van der Waals surface area contributed by atoms with Crippen molar-refractivity contribution in [2.24, 2.45) is 0 Å². The van der Waals surface area contributed by atoms with Gasteiger partial charge in [-0.3, -0.25) is 0 Å². The molecule has 0 spiro atoms. The minimum absolute atomic E-state index is 0. The Morgan fingerprint density at radius 2 is 1.29 bits per heavy atom. The first-order valence-electron chi connectivity index (χ1n) is 12.5. The third-order valence-corrected chi connectivity index (χ3v) is 7.57. The van der Waals surface area contributed by atoms with Gasteiger partial charge in [-0.25, -0.2) is 0 Å². The van der Waals surface area contributed by atoms with E-state index < -0.39 is 0 Å². The minimum Gasteiger partial charge on any atom is -0.183 e. The van der Waals surface area contributed by atoms with Gasteiger partial charge in [-0.2, -0.15) is 24.3 Å². The summed E-state index contributed by atoms with van der Waals surface area (Å²) in [5.74, 6) is 0. The molecule has 1 aliphatic rings. The van der Waals surface area contributed by atoms with Gasteiger partial charge in [-0.15, -0.1) is 11.1 Å². The molecular weight excluding hydrogens is 435 g/mol. The molecule has 2 aromatic rings. The Balaban J connectivity index is 0.00000341. The maximum Gasteiger partial charge on any atom is 1.00 e. The SMILES string of the molecule is CCCCCCCCC1(CCCCCCCC)c2c[c-]ccc2-c2cc(Br)ccc21.[Li+]. The summed E-state index contributed by atoms with van der Waals surface area (Å²) >= 11 is 3.72. The molecule has 0 aliphatic heterocycles. The summed E-state index contributed by atoms with van der Waals surface area (Å²) in [5, 5.41) is 0. The van der Waals surface area contributed by atoms with Gasteiger partial charge >= 0.3 is 18.9 Å². The average molecular weight is 475 g/mol. The third-order valence-electron chi connectivity index (χ3n) is 7.08. The van der Waals surface area contributed by atoms with E-state index in [2.05, 4.69) is 72.2 Å². The Bertz CT molecular complexity index is 766. The van der Waals surface area contributed by atoms with Crippen molar-refractivity contribution in [1.82, 2.24) is 0 Å². The fourth-order valence-electron chi connectivity index (χ4n) is 5.44. The van der Waals surface area contributed by atoms with Gasteiger partial charge < -0.3 is 0 Å². The van der Waals surface area contributed by atoms with Crippen molar-refractivity contribution in [2.75, 3.05) is 0 Å². The van der Waals surface area contributed by atoms with Crippen LogP contribution in [0, 0.1) is 6.07 Å². The van der Waals surface area contributed by atoms with Crippen molar-refractivity contribution in [3.8, 4) is 11.1 Å². The Hall–Kier alpha value is -0.483. The van der Waals surface area contributed by atoms with Gasteiger partial charge in [0, 0.05) is 4.47 Å². The van der Waals surface area contributed by atoms with Crippen molar-refractivity contribution in [3.63, 3.8) is 0 Å². The van der Waals surface area contributed by atoms with Crippen molar-refractivity contribution < 1.29 is 18.9 Å². The number of benzene rings is 2. The molecular formula is C29H40BrLi. The molecule has 0 unspecified atom stereocenters. The second kappa shape index (κ2) is 13.9.